The van der Waals surface area contributed by atoms with Crippen molar-refractivity contribution < 1.29 is 14.3 Å². The first-order valence-corrected chi connectivity index (χ1v) is 17.5. The molecule has 3 aromatic rings. The molecule has 1 atom stereocenters. The molecule has 2 aliphatic rings. The van der Waals surface area contributed by atoms with Gasteiger partial charge in [-0.05, 0) is 118 Å². The van der Waals surface area contributed by atoms with E-state index in [2.05, 4.69) is 73.6 Å². The highest BCUT2D eigenvalue weighted by Gasteiger charge is 2.23. The molecule has 2 aliphatic carbocycles. The Bertz CT molecular complexity index is 1520. The Morgan fingerprint density at radius 2 is 1.85 bits per heavy atom. The maximum Gasteiger partial charge on any atom is 0.306 e. The first-order valence-electron chi connectivity index (χ1n) is 17.5. The van der Waals surface area contributed by atoms with Crippen molar-refractivity contribution in [1.82, 2.24) is 9.55 Å². The van der Waals surface area contributed by atoms with Crippen LogP contribution in [-0.2, 0) is 22.6 Å². The van der Waals surface area contributed by atoms with E-state index in [4.69, 9.17) is 14.5 Å². The fourth-order valence-electron chi connectivity index (χ4n) is 7.12. The van der Waals surface area contributed by atoms with Gasteiger partial charge in [-0.2, -0.15) is 0 Å². The van der Waals surface area contributed by atoms with Crippen LogP contribution in [0.1, 0.15) is 106 Å². The molecule has 0 spiro atoms. The summed E-state index contributed by atoms with van der Waals surface area (Å²) in [5.74, 6) is 10.9. The number of rotatable bonds is 12. The van der Waals surface area contributed by atoms with Crippen molar-refractivity contribution in [1.29, 1.82) is 0 Å². The second-order valence-electron chi connectivity index (χ2n) is 13.7. The summed E-state index contributed by atoms with van der Waals surface area (Å²) in [6.07, 6.45) is 17.0. The van der Waals surface area contributed by atoms with Crippen LogP contribution >= 0.6 is 0 Å². The highest BCUT2D eigenvalue weighted by atomic mass is 16.5. The Balaban J connectivity index is 1.12. The van der Waals surface area contributed by atoms with E-state index in [1.54, 1.807) is 0 Å². The number of carbonyl (C=O) groups excluding carboxylic acids is 1. The maximum atomic E-state index is 12.3. The molecule has 1 saturated carbocycles. The minimum Gasteiger partial charge on any atom is -0.487 e. The van der Waals surface area contributed by atoms with E-state index in [1.807, 2.05) is 31.2 Å². The van der Waals surface area contributed by atoms with Gasteiger partial charge in [-0.15, -0.1) is 0 Å². The number of hydrogen-bond acceptors (Lipinski definition) is 4. The van der Waals surface area contributed by atoms with Crippen LogP contribution in [0.15, 0.2) is 60.7 Å². The Morgan fingerprint density at radius 1 is 1.04 bits per heavy atom. The van der Waals surface area contributed by atoms with E-state index in [1.165, 1.54) is 44.9 Å². The maximum absolute atomic E-state index is 12.3. The summed E-state index contributed by atoms with van der Waals surface area (Å²) in [6, 6.07) is 16.4. The molecule has 0 aliphatic heterocycles. The molecule has 0 radical (unpaired) electrons. The van der Waals surface area contributed by atoms with Gasteiger partial charge in [0.15, 0.2) is 6.61 Å². The molecule has 1 unspecified atom stereocenters. The minimum absolute atomic E-state index is 0.123. The van der Waals surface area contributed by atoms with Gasteiger partial charge in [-0.1, -0.05) is 68.9 Å². The van der Waals surface area contributed by atoms with Gasteiger partial charge in [0.05, 0.1) is 11.4 Å². The van der Waals surface area contributed by atoms with Gasteiger partial charge < -0.3 is 9.47 Å². The minimum atomic E-state index is -0.144. The van der Waals surface area contributed by atoms with Crippen molar-refractivity contribution in [2.75, 3.05) is 6.61 Å². The smallest absolute Gasteiger partial charge is 0.306 e. The van der Waals surface area contributed by atoms with Crippen molar-refractivity contribution in [3.8, 4) is 23.3 Å². The van der Waals surface area contributed by atoms with E-state index in [0.29, 0.717) is 18.9 Å². The lowest BCUT2D eigenvalue weighted by Crippen LogP contribution is -2.18. The zero-order chi connectivity index (χ0) is 32.3. The monoisotopic (exact) mass is 620 g/mol. The van der Waals surface area contributed by atoms with Crippen LogP contribution in [0.25, 0.3) is 5.69 Å². The predicted molar refractivity (Wildman–Crippen MR) is 186 cm³/mol. The van der Waals surface area contributed by atoms with Gasteiger partial charge in [0.1, 0.15) is 18.2 Å². The van der Waals surface area contributed by atoms with Crippen LogP contribution < -0.4 is 4.74 Å². The van der Waals surface area contributed by atoms with Crippen molar-refractivity contribution in [2.45, 2.75) is 105 Å². The Kier molecular flexibility index (Phi) is 12.2. The van der Waals surface area contributed by atoms with Crippen LogP contribution in [0.3, 0.4) is 0 Å². The zero-order valence-corrected chi connectivity index (χ0v) is 28.4. The summed E-state index contributed by atoms with van der Waals surface area (Å²) in [6.45, 7) is 9.34. The normalized spacial score (nSPS) is 19.5. The average molecular weight is 621 g/mol. The number of esters is 1. The van der Waals surface area contributed by atoms with E-state index in [9.17, 15) is 4.79 Å². The lowest BCUT2D eigenvalue weighted by atomic mass is 9.75. The first kappa shape index (κ1) is 33.6. The fourth-order valence-corrected chi connectivity index (χ4v) is 7.12. The molecule has 2 aromatic carbocycles. The standard InChI is InChI=1S/C41H52N2O3/c1-30(2)35-22-20-33(21-23-35)15-11-19-41(44)45-26-12-16-36-24-25-38(27-31(36)3)46-29-39-32(4)42-40(28-34-13-7-5-8-14-34)43(39)37-17-9-6-10-18-37/h6-7,9-10,13,17-18,24-25,27,30,33-35H,5,8,11,14-15,19-23,26,28-29H2,1-4H3. The highest BCUT2D eigenvalue weighted by Crippen LogP contribution is 2.35. The van der Waals surface area contributed by atoms with Crippen molar-refractivity contribution in [2.24, 2.45) is 23.7 Å². The molecular weight excluding hydrogens is 568 g/mol. The fraction of sp³-hybridized carbons (Fsp3) is 0.512. The number of carbonyl (C=O) groups is 1. The molecule has 1 fully saturated rings. The summed E-state index contributed by atoms with van der Waals surface area (Å²) in [5.41, 5.74) is 5.13. The Hall–Kier alpha value is -3.78. The summed E-state index contributed by atoms with van der Waals surface area (Å²) in [4.78, 5) is 17.3. The van der Waals surface area contributed by atoms with Crippen LogP contribution in [-0.4, -0.2) is 22.1 Å². The quantitative estimate of drug-likeness (QED) is 0.115. The number of hydrogen-bond donors (Lipinski definition) is 0. The van der Waals surface area contributed by atoms with Crippen LogP contribution in [0.4, 0.5) is 0 Å². The topological polar surface area (TPSA) is 53.4 Å². The van der Waals surface area contributed by atoms with Crippen molar-refractivity contribution >= 4 is 5.97 Å². The van der Waals surface area contributed by atoms with E-state index in [0.717, 1.165) is 76.8 Å². The molecule has 0 saturated heterocycles. The molecule has 0 bridgehead atoms. The number of benzene rings is 2. The number of aryl methyl sites for hydroxylation is 2. The van der Waals surface area contributed by atoms with Crippen molar-refractivity contribution in [3.63, 3.8) is 0 Å². The highest BCUT2D eigenvalue weighted by molar-refractivity contribution is 5.69. The number of allylic oxidation sites excluding steroid dienone is 2. The third-order valence-corrected chi connectivity index (χ3v) is 9.98. The van der Waals surface area contributed by atoms with Gasteiger partial charge in [0.25, 0.3) is 0 Å². The van der Waals surface area contributed by atoms with E-state index >= 15 is 0 Å². The van der Waals surface area contributed by atoms with Crippen LogP contribution in [0.2, 0.25) is 0 Å². The lowest BCUT2D eigenvalue weighted by molar-refractivity contribution is -0.142. The molecule has 0 amide bonds. The second-order valence-corrected chi connectivity index (χ2v) is 13.7. The predicted octanol–water partition coefficient (Wildman–Crippen LogP) is 9.49. The van der Waals surface area contributed by atoms with E-state index in [-0.39, 0.29) is 12.6 Å². The first-order chi connectivity index (χ1) is 22.4. The largest absolute Gasteiger partial charge is 0.487 e. The van der Waals surface area contributed by atoms with Crippen LogP contribution in [0, 0.1) is 49.4 Å². The lowest BCUT2D eigenvalue weighted by Gasteiger charge is -2.30. The molecule has 0 N–H and O–H groups in total. The molecule has 1 aromatic heterocycles. The molecule has 5 rings (SSSR count). The zero-order valence-electron chi connectivity index (χ0n) is 28.4. The molecular formula is C41H52N2O3. The third-order valence-electron chi connectivity index (χ3n) is 9.98. The third kappa shape index (κ3) is 9.38. The Labute approximate surface area is 276 Å². The number of para-hydroxylation sites is 1. The second kappa shape index (κ2) is 16.7. The van der Waals surface area contributed by atoms with E-state index < -0.39 is 0 Å². The molecule has 5 nitrogen and oxygen atoms in total. The summed E-state index contributed by atoms with van der Waals surface area (Å²) >= 11 is 0. The molecule has 244 valence electrons. The van der Waals surface area contributed by atoms with Gasteiger partial charge in [0, 0.05) is 24.1 Å². The molecule has 5 heteroatoms. The van der Waals surface area contributed by atoms with Gasteiger partial charge >= 0.3 is 5.97 Å². The molecule has 46 heavy (non-hydrogen) atoms. The number of imidazole rings is 1. The SMILES string of the molecule is Cc1cc(OCc2c(C)nc(CC3C=CCCC3)n2-c2ccccc2)ccc1C#CCOC(=O)CCCC1CCC(C(C)C)CC1. The summed E-state index contributed by atoms with van der Waals surface area (Å²) in [7, 11) is 0. The van der Waals surface area contributed by atoms with Crippen molar-refractivity contribution in [3.05, 3.63) is 89.0 Å². The average Bonchev–Trinajstić information content (AvgIpc) is 3.37. The number of aromatic nitrogens is 2. The van der Waals surface area contributed by atoms with Gasteiger partial charge in [-0.25, -0.2) is 4.98 Å². The van der Waals surface area contributed by atoms with Gasteiger partial charge in [-0.3, -0.25) is 9.36 Å². The van der Waals surface area contributed by atoms with Gasteiger partial charge in [0.2, 0.25) is 0 Å². The summed E-state index contributed by atoms with van der Waals surface area (Å²) < 4.78 is 14.0. The molecule has 1 heterocycles. The summed E-state index contributed by atoms with van der Waals surface area (Å²) in [5, 5.41) is 0. The number of nitrogens with zero attached hydrogens (tertiary/aromatic N) is 2. The Morgan fingerprint density at radius 3 is 2.57 bits per heavy atom. The number of ether oxygens (including phenoxy) is 2. The van der Waals surface area contributed by atoms with Crippen LogP contribution in [0.5, 0.6) is 5.75 Å².